The number of hydrogen-bond acceptors (Lipinski definition) is 6. The van der Waals surface area contributed by atoms with E-state index in [2.05, 4.69) is 20.2 Å². The maximum Gasteiger partial charge on any atom is 0.229 e. The van der Waals surface area contributed by atoms with Crippen molar-refractivity contribution in [3.63, 3.8) is 0 Å². The molecule has 1 saturated heterocycles. The smallest absolute Gasteiger partial charge is 0.229 e. The first kappa shape index (κ1) is 20.3. The van der Waals surface area contributed by atoms with E-state index in [9.17, 15) is 9.18 Å². The van der Waals surface area contributed by atoms with Crippen LogP contribution in [-0.2, 0) is 11.2 Å². The lowest BCUT2D eigenvalue weighted by Crippen LogP contribution is -2.23. The van der Waals surface area contributed by atoms with E-state index in [1.165, 1.54) is 0 Å². The molecule has 1 amide bonds. The molecule has 2 aromatic heterocycles. The van der Waals surface area contributed by atoms with Crippen LogP contribution < -0.4 is 15.1 Å². The Morgan fingerprint density at radius 1 is 1.20 bits per heavy atom. The molecule has 0 bridgehead atoms. The number of anilines is 4. The molecule has 1 aromatic carbocycles. The second kappa shape index (κ2) is 8.79. The first-order valence-electron chi connectivity index (χ1n) is 9.96. The number of aromatic nitrogens is 2. The molecule has 4 rings (SSSR count). The SMILES string of the molecule is Cc1nc(N2CCCC2)nc(N(C)c2ccc(NC(=O)Cc3cccs3)cc2)c1F. The molecule has 0 radical (unpaired) electrons. The lowest BCUT2D eigenvalue weighted by Gasteiger charge is -2.23. The lowest BCUT2D eigenvalue weighted by molar-refractivity contribution is -0.115. The number of nitrogens with zero attached hydrogens (tertiary/aromatic N) is 4. The molecule has 3 aromatic rings. The van der Waals surface area contributed by atoms with E-state index in [1.807, 2.05) is 41.8 Å². The molecule has 0 atom stereocenters. The van der Waals surface area contributed by atoms with E-state index >= 15 is 0 Å². The second-order valence-corrected chi connectivity index (χ2v) is 8.38. The summed E-state index contributed by atoms with van der Waals surface area (Å²) in [5.74, 6) is 0.338. The average Bonchev–Trinajstić information content (AvgIpc) is 3.44. The Balaban J connectivity index is 1.49. The van der Waals surface area contributed by atoms with Crippen LogP contribution >= 0.6 is 11.3 Å². The Morgan fingerprint density at radius 3 is 2.60 bits per heavy atom. The van der Waals surface area contributed by atoms with E-state index < -0.39 is 5.82 Å². The Hall–Kier alpha value is -3.00. The van der Waals surface area contributed by atoms with Gasteiger partial charge in [-0.3, -0.25) is 4.79 Å². The number of rotatable bonds is 6. The molecular formula is C22H24FN5OS. The number of amides is 1. The molecule has 1 aliphatic rings. The number of benzene rings is 1. The van der Waals surface area contributed by atoms with Crippen molar-refractivity contribution in [1.82, 2.24) is 9.97 Å². The summed E-state index contributed by atoms with van der Waals surface area (Å²) in [6, 6.07) is 11.2. The summed E-state index contributed by atoms with van der Waals surface area (Å²) in [5.41, 5.74) is 1.81. The average molecular weight is 426 g/mol. The summed E-state index contributed by atoms with van der Waals surface area (Å²) in [6.45, 7) is 3.46. The third-order valence-electron chi connectivity index (χ3n) is 5.15. The van der Waals surface area contributed by atoms with Crippen LogP contribution in [0.15, 0.2) is 41.8 Å². The molecule has 0 aliphatic carbocycles. The highest BCUT2D eigenvalue weighted by molar-refractivity contribution is 7.10. The van der Waals surface area contributed by atoms with Crippen LogP contribution in [0.4, 0.5) is 27.5 Å². The van der Waals surface area contributed by atoms with Gasteiger partial charge in [0.1, 0.15) is 0 Å². The van der Waals surface area contributed by atoms with Gasteiger partial charge in [-0.2, -0.15) is 4.98 Å². The highest BCUT2D eigenvalue weighted by Gasteiger charge is 2.21. The summed E-state index contributed by atoms with van der Waals surface area (Å²) in [6.07, 6.45) is 2.55. The van der Waals surface area contributed by atoms with Gasteiger partial charge >= 0.3 is 0 Å². The molecule has 30 heavy (non-hydrogen) atoms. The molecule has 6 nitrogen and oxygen atoms in total. The fourth-order valence-electron chi connectivity index (χ4n) is 3.48. The van der Waals surface area contributed by atoms with Crippen molar-refractivity contribution in [2.24, 2.45) is 0 Å². The van der Waals surface area contributed by atoms with Crippen molar-refractivity contribution in [2.75, 3.05) is 35.3 Å². The topological polar surface area (TPSA) is 61.4 Å². The summed E-state index contributed by atoms with van der Waals surface area (Å²) in [5, 5.41) is 4.85. The maximum atomic E-state index is 14.8. The fourth-order valence-corrected chi connectivity index (χ4v) is 4.18. The van der Waals surface area contributed by atoms with Gasteiger partial charge in [0.15, 0.2) is 11.6 Å². The summed E-state index contributed by atoms with van der Waals surface area (Å²) in [7, 11) is 1.78. The minimum absolute atomic E-state index is 0.0636. The van der Waals surface area contributed by atoms with Gasteiger partial charge in [-0.05, 0) is 55.5 Å². The molecule has 0 unspecified atom stereocenters. The molecule has 8 heteroatoms. The molecule has 0 spiro atoms. The number of halogens is 1. The lowest BCUT2D eigenvalue weighted by atomic mass is 10.2. The first-order valence-corrected chi connectivity index (χ1v) is 10.8. The van der Waals surface area contributed by atoms with E-state index in [-0.39, 0.29) is 11.7 Å². The number of carbonyl (C=O) groups is 1. The molecule has 1 fully saturated rings. The number of nitrogens with one attached hydrogen (secondary N) is 1. The first-order chi connectivity index (χ1) is 14.5. The van der Waals surface area contributed by atoms with Crippen molar-refractivity contribution >= 4 is 40.4 Å². The summed E-state index contributed by atoms with van der Waals surface area (Å²) in [4.78, 5) is 25.8. The summed E-state index contributed by atoms with van der Waals surface area (Å²) >= 11 is 1.56. The predicted octanol–water partition coefficient (Wildman–Crippen LogP) is 4.53. The number of aryl methyl sites for hydroxylation is 1. The van der Waals surface area contributed by atoms with Gasteiger partial charge in [-0.25, -0.2) is 9.37 Å². The van der Waals surface area contributed by atoms with Gasteiger partial charge in [0.25, 0.3) is 0 Å². The molecule has 1 aliphatic heterocycles. The van der Waals surface area contributed by atoms with Crippen molar-refractivity contribution in [2.45, 2.75) is 26.2 Å². The van der Waals surface area contributed by atoms with Gasteiger partial charge < -0.3 is 15.1 Å². The van der Waals surface area contributed by atoms with Crippen molar-refractivity contribution < 1.29 is 9.18 Å². The predicted molar refractivity (Wildman–Crippen MR) is 119 cm³/mol. The summed E-state index contributed by atoms with van der Waals surface area (Å²) < 4.78 is 14.8. The minimum Gasteiger partial charge on any atom is -0.341 e. The van der Waals surface area contributed by atoms with Crippen LogP contribution in [0.1, 0.15) is 23.4 Å². The maximum absolute atomic E-state index is 14.8. The van der Waals surface area contributed by atoms with Crippen molar-refractivity contribution in [3.05, 3.63) is 58.2 Å². The van der Waals surface area contributed by atoms with Crippen LogP contribution in [0.3, 0.4) is 0 Å². The standard InChI is InChI=1S/C22H24FN5OS/c1-15-20(23)21(26-22(24-15)28-11-3-4-12-28)27(2)17-9-7-16(8-10-17)25-19(29)14-18-6-5-13-30-18/h5-10,13H,3-4,11-12,14H2,1-2H3,(H,25,29). The van der Waals surface area contributed by atoms with Crippen LogP contribution in [0.25, 0.3) is 0 Å². The highest BCUT2D eigenvalue weighted by atomic mass is 32.1. The Kier molecular flexibility index (Phi) is 5.94. The highest BCUT2D eigenvalue weighted by Crippen LogP contribution is 2.29. The number of carbonyl (C=O) groups excluding carboxylic acids is 1. The third-order valence-corrected chi connectivity index (χ3v) is 6.02. The number of thiophene rings is 1. The normalized spacial score (nSPS) is 13.5. The quantitative estimate of drug-likeness (QED) is 0.629. The van der Waals surface area contributed by atoms with E-state index in [1.54, 1.807) is 30.2 Å². The third kappa shape index (κ3) is 4.43. The minimum atomic E-state index is -0.422. The monoisotopic (exact) mass is 425 g/mol. The van der Waals surface area contributed by atoms with Gasteiger partial charge in [-0.1, -0.05) is 6.07 Å². The van der Waals surface area contributed by atoms with Crippen LogP contribution in [0, 0.1) is 12.7 Å². The Bertz CT molecular complexity index is 1020. The van der Waals surface area contributed by atoms with Crippen LogP contribution in [-0.4, -0.2) is 36.0 Å². The van der Waals surface area contributed by atoms with Gasteiger partial charge in [0.05, 0.1) is 12.1 Å². The Morgan fingerprint density at radius 2 is 1.93 bits per heavy atom. The van der Waals surface area contributed by atoms with Gasteiger partial charge in [0.2, 0.25) is 11.9 Å². The molecular weight excluding hydrogens is 401 g/mol. The molecule has 0 saturated carbocycles. The van der Waals surface area contributed by atoms with E-state index in [4.69, 9.17) is 0 Å². The van der Waals surface area contributed by atoms with Crippen LogP contribution in [0.2, 0.25) is 0 Å². The zero-order valence-corrected chi connectivity index (χ0v) is 17.9. The fraction of sp³-hybridized carbons (Fsp3) is 0.318. The van der Waals surface area contributed by atoms with Gasteiger partial charge in [0, 0.05) is 36.4 Å². The van der Waals surface area contributed by atoms with E-state index in [0.29, 0.717) is 23.8 Å². The zero-order valence-electron chi connectivity index (χ0n) is 17.1. The van der Waals surface area contributed by atoms with Crippen molar-refractivity contribution in [3.8, 4) is 0 Å². The van der Waals surface area contributed by atoms with Crippen molar-refractivity contribution in [1.29, 1.82) is 0 Å². The van der Waals surface area contributed by atoms with E-state index in [0.717, 1.165) is 36.5 Å². The van der Waals surface area contributed by atoms with Crippen LogP contribution in [0.5, 0.6) is 0 Å². The molecule has 156 valence electrons. The number of hydrogen-bond donors (Lipinski definition) is 1. The largest absolute Gasteiger partial charge is 0.341 e. The van der Waals surface area contributed by atoms with Gasteiger partial charge in [-0.15, -0.1) is 11.3 Å². The second-order valence-electron chi connectivity index (χ2n) is 7.35. The Labute approximate surface area is 179 Å². The zero-order chi connectivity index (χ0) is 21.1. The molecule has 3 heterocycles. The molecule has 1 N–H and O–H groups in total.